The normalized spacial score (nSPS) is 9.92. The van der Waals surface area contributed by atoms with Gasteiger partial charge < -0.3 is 10.1 Å². The summed E-state index contributed by atoms with van der Waals surface area (Å²) < 4.78 is 4.86. The summed E-state index contributed by atoms with van der Waals surface area (Å²) in [6, 6.07) is 0. The van der Waals surface area contributed by atoms with Gasteiger partial charge in [0, 0.05) is 20.3 Å². The van der Waals surface area contributed by atoms with Crippen LogP contribution in [0.5, 0.6) is 0 Å². The minimum Gasteiger partial charge on any atom is -0.385 e. The van der Waals surface area contributed by atoms with E-state index in [2.05, 4.69) is 20.5 Å². The Morgan fingerprint density at radius 3 is 3.23 bits per heavy atom. The summed E-state index contributed by atoms with van der Waals surface area (Å²) in [4.78, 5) is 13.3. The van der Waals surface area contributed by atoms with Gasteiger partial charge in [-0.15, -0.1) is 10.2 Å². The van der Waals surface area contributed by atoms with Crippen molar-refractivity contribution in [1.29, 1.82) is 0 Å². The first-order valence-corrected chi connectivity index (χ1v) is 3.98. The molecule has 0 saturated carbocycles. The van der Waals surface area contributed by atoms with Crippen molar-refractivity contribution in [3.63, 3.8) is 0 Å². The molecule has 0 fully saturated rings. The fraction of sp³-hybridized carbons (Fsp3) is 0.571. The van der Waals surface area contributed by atoms with Crippen LogP contribution < -0.4 is 10.9 Å². The number of hydrogen-bond donors (Lipinski definition) is 2. The number of aromatic nitrogens is 3. The van der Waals surface area contributed by atoms with Crippen molar-refractivity contribution < 1.29 is 4.74 Å². The van der Waals surface area contributed by atoms with Gasteiger partial charge in [-0.2, -0.15) is 0 Å². The molecule has 0 bridgehead atoms. The Balaban J connectivity index is 2.33. The molecule has 1 heterocycles. The molecule has 0 aliphatic heterocycles. The summed E-state index contributed by atoms with van der Waals surface area (Å²) >= 11 is 0. The Bertz CT molecular complexity index is 299. The van der Waals surface area contributed by atoms with Crippen LogP contribution in [0.1, 0.15) is 6.42 Å². The number of aromatic amines is 1. The molecule has 2 N–H and O–H groups in total. The van der Waals surface area contributed by atoms with Gasteiger partial charge in [0.2, 0.25) is 5.95 Å². The fourth-order valence-corrected chi connectivity index (χ4v) is 0.816. The summed E-state index contributed by atoms with van der Waals surface area (Å²) in [7, 11) is 1.64. The van der Waals surface area contributed by atoms with E-state index in [1.54, 1.807) is 7.11 Å². The summed E-state index contributed by atoms with van der Waals surface area (Å²) in [5.41, 5.74) is -0.260. The van der Waals surface area contributed by atoms with E-state index in [1.165, 1.54) is 0 Å². The highest BCUT2D eigenvalue weighted by atomic mass is 16.5. The molecule has 0 unspecified atom stereocenters. The van der Waals surface area contributed by atoms with E-state index in [4.69, 9.17) is 4.74 Å². The molecule has 72 valence electrons. The zero-order valence-electron chi connectivity index (χ0n) is 7.41. The number of ether oxygens (including phenoxy) is 1. The van der Waals surface area contributed by atoms with Gasteiger partial charge in [0.25, 0.3) is 5.56 Å². The number of hydrogen-bond acceptors (Lipinski definition) is 5. The smallest absolute Gasteiger partial charge is 0.271 e. The number of H-pyrrole nitrogens is 1. The highest BCUT2D eigenvalue weighted by Crippen LogP contribution is 1.89. The number of anilines is 1. The minimum atomic E-state index is -0.260. The molecule has 0 amide bonds. The molecule has 0 saturated heterocycles. The average Bonchev–Trinajstić information content (AvgIpc) is 2.13. The van der Waals surface area contributed by atoms with Gasteiger partial charge >= 0.3 is 0 Å². The lowest BCUT2D eigenvalue weighted by Crippen LogP contribution is -2.14. The second-order valence-electron chi connectivity index (χ2n) is 2.46. The minimum absolute atomic E-state index is 0.260. The van der Waals surface area contributed by atoms with Crippen molar-refractivity contribution >= 4 is 5.95 Å². The van der Waals surface area contributed by atoms with Crippen LogP contribution in [0.4, 0.5) is 5.95 Å². The lowest BCUT2D eigenvalue weighted by Gasteiger charge is -2.02. The molecule has 1 rings (SSSR count). The van der Waals surface area contributed by atoms with Gasteiger partial charge in [0.15, 0.2) is 0 Å². The van der Waals surface area contributed by atoms with Gasteiger partial charge in [-0.25, -0.2) is 0 Å². The topological polar surface area (TPSA) is 79.9 Å². The number of methoxy groups -OCH3 is 1. The molecule has 0 radical (unpaired) electrons. The molecule has 6 heteroatoms. The molecule has 1 aromatic rings. The lowest BCUT2D eigenvalue weighted by atomic mass is 10.4. The molecule has 0 atom stereocenters. The van der Waals surface area contributed by atoms with Crippen LogP contribution in [0.15, 0.2) is 11.0 Å². The Morgan fingerprint density at radius 2 is 2.54 bits per heavy atom. The Hall–Kier alpha value is -1.43. The zero-order chi connectivity index (χ0) is 9.52. The van der Waals surface area contributed by atoms with Gasteiger partial charge in [0.1, 0.15) is 6.20 Å². The van der Waals surface area contributed by atoms with Crippen LogP contribution in [-0.2, 0) is 4.74 Å². The van der Waals surface area contributed by atoms with Crippen LogP contribution in [0.2, 0.25) is 0 Å². The van der Waals surface area contributed by atoms with E-state index in [9.17, 15) is 4.79 Å². The number of nitrogens with one attached hydrogen (secondary N) is 2. The van der Waals surface area contributed by atoms with Crippen LogP contribution in [0, 0.1) is 0 Å². The molecular weight excluding hydrogens is 172 g/mol. The summed E-state index contributed by atoms with van der Waals surface area (Å²) in [5, 5.41) is 10.1. The summed E-state index contributed by atoms with van der Waals surface area (Å²) in [5.74, 6) is 0.392. The molecule has 0 aromatic carbocycles. The highest BCUT2D eigenvalue weighted by molar-refractivity contribution is 5.19. The van der Waals surface area contributed by atoms with Crippen LogP contribution in [-0.4, -0.2) is 35.4 Å². The van der Waals surface area contributed by atoms with E-state index in [0.29, 0.717) is 19.1 Å². The molecule has 6 nitrogen and oxygen atoms in total. The third-order valence-corrected chi connectivity index (χ3v) is 1.39. The summed E-state index contributed by atoms with van der Waals surface area (Å²) in [6.07, 6.45) is 1.98. The van der Waals surface area contributed by atoms with Gasteiger partial charge in [-0.05, 0) is 6.42 Å². The maximum atomic E-state index is 10.8. The Kier molecular flexibility index (Phi) is 3.90. The SMILES string of the molecule is COCCCNc1nncc(=O)[nH]1. The maximum Gasteiger partial charge on any atom is 0.271 e. The molecule has 1 aromatic heterocycles. The quantitative estimate of drug-likeness (QED) is 0.609. The lowest BCUT2D eigenvalue weighted by molar-refractivity contribution is 0.197. The largest absolute Gasteiger partial charge is 0.385 e. The van der Waals surface area contributed by atoms with E-state index in [0.717, 1.165) is 12.6 Å². The van der Waals surface area contributed by atoms with Crippen molar-refractivity contribution in [2.24, 2.45) is 0 Å². The third-order valence-electron chi connectivity index (χ3n) is 1.39. The van der Waals surface area contributed by atoms with Gasteiger partial charge in [0.05, 0.1) is 0 Å². The average molecular weight is 184 g/mol. The first kappa shape index (κ1) is 9.66. The third kappa shape index (κ3) is 3.66. The van der Waals surface area contributed by atoms with E-state index < -0.39 is 0 Å². The molecule has 0 aliphatic rings. The number of nitrogens with zero attached hydrogens (tertiary/aromatic N) is 2. The zero-order valence-corrected chi connectivity index (χ0v) is 7.41. The molecule has 0 spiro atoms. The van der Waals surface area contributed by atoms with E-state index >= 15 is 0 Å². The van der Waals surface area contributed by atoms with Crippen molar-refractivity contribution in [2.75, 3.05) is 25.6 Å². The molecular formula is C7H12N4O2. The van der Waals surface area contributed by atoms with Crippen molar-refractivity contribution in [3.8, 4) is 0 Å². The Labute approximate surface area is 75.3 Å². The van der Waals surface area contributed by atoms with Crippen LogP contribution in [0.3, 0.4) is 0 Å². The second-order valence-corrected chi connectivity index (χ2v) is 2.46. The predicted octanol–water partition coefficient (Wildman–Crippen LogP) is -0.387. The maximum absolute atomic E-state index is 10.8. The van der Waals surface area contributed by atoms with Crippen molar-refractivity contribution in [2.45, 2.75) is 6.42 Å². The monoisotopic (exact) mass is 184 g/mol. The van der Waals surface area contributed by atoms with Crippen molar-refractivity contribution in [3.05, 3.63) is 16.6 Å². The van der Waals surface area contributed by atoms with Crippen LogP contribution >= 0.6 is 0 Å². The first-order chi connectivity index (χ1) is 6.33. The van der Waals surface area contributed by atoms with Crippen LogP contribution in [0.25, 0.3) is 0 Å². The fourth-order valence-electron chi connectivity index (χ4n) is 0.816. The van der Waals surface area contributed by atoms with E-state index in [1.807, 2.05) is 0 Å². The second kappa shape index (κ2) is 5.26. The predicted molar refractivity (Wildman–Crippen MR) is 47.6 cm³/mol. The number of rotatable bonds is 5. The van der Waals surface area contributed by atoms with Gasteiger partial charge in [-0.1, -0.05) is 0 Å². The molecule has 13 heavy (non-hydrogen) atoms. The Morgan fingerprint density at radius 1 is 1.69 bits per heavy atom. The van der Waals surface area contributed by atoms with E-state index in [-0.39, 0.29) is 5.56 Å². The van der Waals surface area contributed by atoms with Gasteiger partial charge in [-0.3, -0.25) is 9.78 Å². The molecule has 0 aliphatic carbocycles. The highest BCUT2D eigenvalue weighted by Gasteiger charge is 1.93. The standard InChI is InChI=1S/C7H12N4O2/c1-13-4-2-3-8-7-10-6(12)5-9-11-7/h5H,2-4H2,1H3,(H2,8,10,11,12). The summed E-state index contributed by atoms with van der Waals surface area (Å²) in [6.45, 7) is 1.37. The van der Waals surface area contributed by atoms with Crippen molar-refractivity contribution in [1.82, 2.24) is 15.2 Å². The first-order valence-electron chi connectivity index (χ1n) is 3.98.